The molecule has 0 aromatic rings. The fourth-order valence-electron chi connectivity index (χ4n) is 7.27. The van der Waals surface area contributed by atoms with Gasteiger partial charge in [0.15, 0.2) is 17.5 Å². The van der Waals surface area contributed by atoms with Crippen molar-refractivity contribution < 1.29 is 38.8 Å². The number of halogens is 1. The normalized spacial score (nSPS) is 43.5. The van der Waals surface area contributed by atoms with Gasteiger partial charge in [0.25, 0.3) is 0 Å². The van der Waals surface area contributed by atoms with Gasteiger partial charge in [-0.2, -0.15) is 0 Å². The van der Waals surface area contributed by atoms with E-state index in [9.17, 15) is 24.6 Å². The van der Waals surface area contributed by atoms with Crippen LogP contribution in [0, 0.1) is 16.7 Å². The lowest BCUT2D eigenvalue weighted by Gasteiger charge is -2.71. The Morgan fingerprint density at radius 3 is 2.28 bits per heavy atom. The summed E-state index contributed by atoms with van der Waals surface area (Å²) in [7, 11) is 3.48. The summed E-state index contributed by atoms with van der Waals surface area (Å²) in [6.45, 7) is 13.7. The quantitative estimate of drug-likeness (QED) is 0.405. The monoisotopic (exact) mass is 531 g/mol. The Hall–Kier alpha value is -1.52. The fourth-order valence-corrected chi connectivity index (χ4v) is 7.27. The highest BCUT2D eigenvalue weighted by atomic mass is 35.5. The molecule has 0 aromatic heterocycles. The van der Waals surface area contributed by atoms with E-state index in [1.54, 1.807) is 32.8 Å². The lowest BCUT2D eigenvalue weighted by molar-refractivity contribution is -0.370. The maximum atomic E-state index is 14.0. The van der Waals surface area contributed by atoms with Gasteiger partial charge in [0.2, 0.25) is 0 Å². The Kier molecular flexibility index (Phi) is 8.23. The van der Waals surface area contributed by atoms with Crippen LogP contribution in [0.3, 0.4) is 0 Å². The number of fused-ring (bicyclic) bond motifs is 3. The molecular formula is C26H42ClNO8. The van der Waals surface area contributed by atoms with Crippen LogP contribution < -0.4 is 0 Å². The molecular weight excluding hydrogens is 490 g/mol. The van der Waals surface area contributed by atoms with Gasteiger partial charge in [-0.15, -0.1) is 19.0 Å². The number of likely N-dealkylation sites (N-methyl/N-ethyl adjacent to an activating group) is 1. The first-order valence-electron chi connectivity index (χ1n) is 12.2. The van der Waals surface area contributed by atoms with Gasteiger partial charge in [0.1, 0.15) is 11.7 Å². The van der Waals surface area contributed by atoms with Crippen molar-refractivity contribution >= 4 is 30.1 Å². The summed E-state index contributed by atoms with van der Waals surface area (Å²) in [5.74, 6) is -2.46. The first kappa shape index (κ1) is 30.7. The number of rotatable bonds is 5. The molecule has 3 aliphatic rings. The second-order valence-electron chi connectivity index (χ2n) is 12.1. The molecule has 0 spiro atoms. The highest BCUT2D eigenvalue weighted by molar-refractivity contribution is 5.92. The molecule has 2 N–H and O–H groups in total. The van der Waals surface area contributed by atoms with E-state index in [0.717, 1.165) is 0 Å². The SMILES string of the molecule is C=C[C@@]1(C)CC(=O)[C@]2(O)[C@@]3(C)[C@@H](OC(=O)CN(C)C)CCC(C)(C)[C@@H]3[C@H](O)[C@H](OC(C)=O)[C@@]2(C)O1.Cl. The first-order chi connectivity index (χ1) is 15.9. The van der Waals surface area contributed by atoms with Crippen LogP contribution in [0.5, 0.6) is 0 Å². The molecule has 3 rings (SSSR count). The zero-order chi connectivity index (χ0) is 26.8. The summed E-state index contributed by atoms with van der Waals surface area (Å²) in [5, 5.41) is 24.4. The van der Waals surface area contributed by atoms with Gasteiger partial charge in [0.05, 0.1) is 18.2 Å². The van der Waals surface area contributed by atoms with Crippen LogP contribution in [-0.4, -0.2) is 88.6 Å². The second-order valence-corrected chi connectivity index (χ2v) is 12.1. The topological polar surface area (TPSA) is 123 Å². The third-order valence-corrected chi connectivity index (χ3v) is 8.70. The standard InChI is InChI=1S/C26H41NO8.ClH/c1-10-23(5)13-16(29)26(32)24(6)17(34-18(30)14-27(8)9)11-12-22(3,4)20(24)19(31)21(33-15(2)28)25(26,7)35-23;/h10,17,19-21,31-32H,1,11-14H2,2-9H3;1H/t17-,19-,20-,21-,23-,24-,25+,26-;/m0./s1. The Morgan fingerprint density at radius 2 is 1.78 bits per heavy atom. The first-order valence-corrected chi connectivity index (χ1v) is 12.2. The highest BCUT2D eigenvalue weighted by Gasteiger charge is 2.82. The molecule has 2 saturated carbocycles. The van der Waals surface area contributed by atoms with E-state index >= 15 is 0 Å². The number of hydrogen-bond acceptors (Lipinski definition) is 9. The van der Waals surface area contributed by atoms with Gasteiger partial charge in [-0.25, -0.2) is 0 Å². The Balaban J connectivity index is 0.00000456. The van der Waals surface area contributed by atoms with Crippen LogP contribution in [-0.2, 0) is 28.6 Å². The minimum Gasteiger partial charge on any atom is -0.461 e. The van der Waals surface area contributed by atoms with E-state index in [-0.39, 0.29) is 25.4 Å². The van der Waals surface area contributed by atoms with Crippen molar-refractivity contribution in [3.8, 4) is 0 Å². The molecule has 0 radical (unpaired) electrons. The molecule has 8 atom stereocenters. The lowest BCUT2D eigenvalue weighted by Crippen LogP contribution is -2.87. The maximum absolute atomic E-state index is 14.0. The van der Waals surface area contributed by atoms with E-state index < -0.39 is 69.6 Å². The van der Waals surface area contributed by atoms with Gasteiger partial charge < -0.3 is 24.4 Å². The molecule has 1 aliphatic heterocycles. The Bertz CT molecular complexity index is 924. The van der Waals surface area contributed by atoms with Crippen LogP contribution in [0.1, 0.15) is 60.8 Å². The van der Waals surface area contributed by atoms with Gasteiger partial charge >= 0.3 is 11.9 Å². The number of ether oxygens (including phenoxy) is 3. The van der Waals surface area contributed by atoms with Crippen molar-refractivity contribution in [2.24, 2.45) is 16.7 Å². The van der Waals surface area contributed by atoms with Crippen molar-refractivity contribution in [1.82, 2.24) is 4.90 Å². The number of Topliss-reactive ketones (excluding diaryl/α,β-unsaturated/α-hetero) is 1. The number of aliphatic hydroxyl groups excluding tert-OH is 1. The highest BCUT2D eigenvalue weighted by Crippen LogP contribution is 2.67. The van der Waals surface area contributed by atoms with E-state index in [1.165, 1.54) is 19.9 Å². The van der Waals surface area contributed by atoms with Crippen molar-refractivity contribution in [2.45, 2.75) is 95.9 Å². The minimum absolute atomic E-state index is 0. The molecule has 36 heavy (non-hydrogen) atoms. The number of nitrogens with zero attached hydrogens (tertiary/aromatic N) is 1. The van der Waals surface area contributed by atoms with Crippen LogP contribution in [0.2, 0.25) is 0 Å². The number of hydrogen-bond donors (Lipinski definition) is 2. The van der Waals surface area contributed by atoms with E-state index in [1.807, 2.05) is 13.8 Å². The third kappa shape index (κ3) is 4.30. The van der Waals surface area contributed by atoms with Gasteiger partial charge in [0, 0.05) is 24.7 Å². The van der Waals surface area contributed by atoms with Crippen molar-refractivity contribution in [2.75, 3.05) is 20.6 Å². The van der Waals surface area contributed by atoms with E-state index in [0.29, 0.717) is 12.8 Å². The lowest BCUT2D eigenvalue weighted by atomic mass is 9.39. The predicted molar refractivity (Wildman–Crippen MR) is 135 cm³/mol. The van der Waals surface area contributed by atoms with Gasteiger partial charge in [-0.05, 0) is 46.2 Å². The average Bonchev–Trinajstić information content (AvgIpc) is 2.70. The summed E-state index contributed by atoms with van der Waals surface area (Å²) < 4.78 is 17.9. The summed E-state index contributed by atoms with van der Waals surface area (Å²) in [6.07, 6.45) is -1.29. The van der Waals surface area contributed by atoms with Gasteiger partial charge in [-0.1, -0.05) is 26.8 Å². The molecule has 0 aromatic carbocycles. The molecule has 206 valence electrons. The number of carbonyl (C=O) groups is 3. The van der Waals surface area contributed by atoms with Crippen molar-refractivity contribution in [3.63, 3.8) is 0 Å². The largest absolute Gasteiger partial charge is 0.461 e. The maximum Gasteiger partial charge on any atom is 0.320 e. The summed E-state index contributed by atoms with van der Waals surface area (Å²) >= 11 is 0. The molecule has 1 saturated heterocycles. The van der Waals surface area contributed by atoms with E-state index in [2.05, 4.69) is 6.58 Å². The molecule has 0 unspecified atom stereocenters. The summed E-state index contributed by atoms with van der Waals surface area (Å²) in [6, 6.07) is 0. The van der Waals surface area contributed by atoms with Crippen molar-refractivity contribution in [1.29, 1.82) is 0 Å². The average molecular weight is 532 g/mol. The van der Waals surface area contributed by atoms with Crippen LogP contribution in [0.15, 0.2) is 12.7 Å². The molecule has 1 heterocycles. The van der Waals surface area contributed by atoms with Crippen molar-refractivity contribution in [3.05, 3.63) is 12.7 Å². The predicted octanol–water partition coefficient (Wildman–Crippen LogP) is 2.05. The molecule has 2 aliphatic carbocycles. The zero-order valence-corrected chi connectivity index (χ0v) is 23.4. The Morgan fingerprint density at radius 1 is 1.19 bits per heavy atom. The molecule has 0 amide bonds. The van der Waals surface area contributed by atoms with Crippen LogP contribution >= 0.6 is 12.4 Å². The molecule has 9 nitrogen and oxygen atoms in total. The molecule has 0 bridgehead atoms. The minimum atomic E-state index is -2.24. The smallest absolute Gasteiger partial charge is 0.320 e. The van der Waals surface area contributed by atoms with E-state index in [4.69, 9.17) is 14.2 Å². The third-order valence-electron chi connectivity index (χ3n) is 8.70. The number of esters is 2. The zero-order valence-electron chi connectivity index (χ0n) is 22.6. The summed E-state index contributed by atoms with van der Waals surface area (Å²) in [4.78, 5) is 40.6. The molecule has 10 heteroatoms. The Labute approximate surface area is 219 Å². The van der Waals surface area contributed by atoms with Crippen LogP contribution in [0.4, 0.5) is 0 Å². The summed E-state index contributed by atoms with van der Waals surface area (Å²) in [5.41, 5.74) is -7.29. The number of ketones is 1. The fraction of sp³-hybridized carbons (Fsp3) is 0.808. The number of aliphatic hydroxyl groups is 2. The second kappa shape index (κ2) is 9.66. The number of carbonyl (C=O) groups excluding carboxylic acids is 3. The van der Waals surface area contributed by atoms with Crippen LogP contribution in [0.25, 0.3) is 0 Å². The molecule has 3 fully saturated rings. The van der Waals surface area contributed by atoms with Gasteiger partial charge in [-0.3, -0.25) is 19.3 Å².